The van der Waals surface area contributed by atoms with Crippen LogP contribution in [0.4, 0.5) is 0 Å². The molecule has 1 unspecified atom stereocenters. The Labute approximate surface area is 158 Å². The van der Waals surface area contributed by atoms with E-state index in [4.69, 9.17) is 9.47 Å². The Morgan fingerprint density at radius 2 is 2.23 bits per heavy atom. The molecule has 2 aromatic rings. The standard InChI is InChI=1S/C20H26N2O3S/c1-24-19-9-3-2-6-16(19)13-22(14-17-7-4-10-25-17)15-20(23)21-12-18-8-5-11-26-18/h2-3,5-6,8-9,11,17H,4,7,10,12-15H2,1H3,(H,21,23). The van der Waals surface area contributed by atoms with Crippen LogP contribution in [0.1, 0.15) is 23.3 Å². The summed E-state index contributed by atoms with van der Waals surface area (Å²) in [5, 5.41) is 5.03. The second kappa shape index (κ2) is 9.71. The minimum atomic E-state index is 0.0336. The lowest BCUT2D eigenvalue weighted by Crippen LogP contribution is -2.40. The smallest absolute Gasteiger partial charge is 0.234 e. The molecule has 0 bridgehead atoms. The Balaban J connectivity index is 1.61. The largest absolute Gasteiger partial charge is 0.496 e. The molecular formula is C20H26N2O3S. The first-order chi connectivity index (χ1) is 12.7. The monoisotopic (exact) mass is 374 g/mol. The maximum atomic E-state index is 12.4. The van der Waals surface area contributed by atoms with Crippen LogP contribution in [-0.4, -0.2) is 43.7 Å². The summed E-state index contributed by atoms with van der Waals surface area (Å²) in [4.78, 5) is 15.8. The van der Waals surface area contributed by atoms with E-state index >= 15 is 0 Å². The van der Waals surface area contributed by atoms with Gasteiger partial charge in [-0.15, -0.1) is 11.3 Å². The summed E-state index contributed by atoms with van der Waals surface area (Å²) < 4.78 is 11.2. The van der Waals surface area contributed by atoms with E-state index in [1.165, 1.54) is 0 Å². The highest BCUT2D eigenvalue weighted by atomic mass is 32.1. The Kier molecular flexibility index (Phi) is 7.05. The van der Waals surface area contributed by atoms with Crippen molar-refractivity contribution in [3.63, 3.8) is 0 Å². The van der Waals surface area contributed by atoms with E-state index in [0.29, 0.717) is 19.6 Å². The zero-order valence-electron chi connectivity index (χ0n) is 15.1. The number of hydrogen-bond donors (Lipinski definition) is 1. The number of benzene rings is 1. The maximum absolute atomic E-state index is 12.4. The molecule has 1 aliphatic heterocycles. The predicted molar refractivity (Wildman–Crippen MR) is 103 cm³/mol. The van der Waals surface area contributed by atoms with Crippen LogP contribution < -0.4 is 10.1 Å². The van der Waals surface area contributed by atoms with Crippen molar-refractivity contribution in [3.8, 4) is 5.75 Å². The molecule has 5 nitrogen and oxygen atoms in total. The zero-order valence-corrected chi connectivity index (χ0v) is 16.0. The van der Waals surface area contributed by atoms with Crippen molar-refractivity contribution in [1.82, 2.24) is 10.2 Å². The number of ether oxygens (including phenoxy) is 2. The molecule has 6 heteroatoms. The number of nitrogens with zero attached hydrogens (tertiary/aromatic N) is 1. The molecule has 1 atom stereocenters. The molecule has 1 aromatic carbocycles. The lowest BCUT2D eigenvalue weighted by Gasteiger charge is -2.25. The van der Waals surface area contributed by atoms with Gasteiger partial charge >= 0.3 is 0 Å². The van der Waals surface area contributed by atoms with Crippen LogP contribution in [-0.2, 0) is 22.6 Å². The third kappa shape index (κ3) is 5.56. The highest BCUT2D eigenvalue weighted by Gasteiger charge is 2.21. The van der Waals surface area contributed by atoms with Gasteiger partial charge in [0.05, 0.1) is 26.3 Å². The fraction of sp³-hybridized carbons (Fsp3) is 0.450. The number of amides is 1. The molecular weight excluding hydrogens is 348 g/mol. The van der Waals surface area contributed by atoms with Crippen molar-refractivity contribution in [3.05, 3.63) is 52.2 Å². The van der Waals surface area contributed by atoms with Gasteiger partial charge in [-0.1, -0.05) is 24.3 Å². The van der Waals surface area contributed by atoms with Gasteiger partial charge in [-0.05, 0) is 30.4 Å². The number of para-hydroxylation sites is 1. The second-order valence-corrected chi connectivity index (χ2v) is 7.50. The van der Waals surface area contributed by atoms with Crippen LogP contribution in [0, 0.1) is 0 Å². The molecule has 1 aromatic heterocycles. The number of carbonyl (C=O) groups excluding carboxylic acids is 1. The second-order valence-electron chi connectivity index (χ2n) is 6.47. The highest BCUT2D eigenvalue weighted by molar-refractivity contribution is 7.09. The van der Waals surface area contributed by atoms with Crippen LogP contribution in [0.5, 0.6) is 5.75 Å². The fourth-order valence-corrected chi connectivity index (χ4v) is 3.84. The first-order valence-electron chi connectivity index (χ1n) is 8.99. The maximum Gasteiger partial charge on any atom is 0.234 e. The van der Waals surface area contributed by atoms with Crippen molar-refractivity contribution in [1.29, 1.82) is 0 Å². The van der Waals surface area contributed by atoms with Crippen molar-refractivity contribution in [2.75, 3.05) is 26.8 Å². The van der Waals surface area contributed by atoms with Gasteiger partial charge in [0.15, 0.2) is 0 Å². The summed E-state index contributed by atoms with van der Waals surface area (Å²) in [6.45, 7) is 3.17. The van der Waals surface area contributed by atoms with Gasteiger partial charge in [0, 0.05) is 30.1 Å². The molecule has 140 valence electrons. The summed E-state index contributed by atoms with van der Waals surface area (Å²) in [5.74, 6) is 0.884. The zero-order chi connectivity index (χ0) is 18.2. The Hall–Kier alpha value is -1.89. The van der Waals surface area contributed by atoms with Gasteiger partial charge in [0.2, 0.25) is 5.91 Å². The summed E-state index contributed by atoms with van der Waals surface area (Å²) in [6, 6.07) is 12.0. The number of carbonyl (C=O) groups is 1. The average Bonchev–Trinajstić information content (AvgIpc) is 3.34. The van der Waals surface area contributed by atoms with Crippen LogP contribution >= 0.6 is 11.3 Å². The molecule has 0 spiro atoms. The molecule has 0 saturated carbocycles. The summed E-state index contributed by atoms with van der Waals surface area (Å²) >= 11 is 1.65. The molecule has 1 aliphatic rings. The number of hydrogen-bond acceptors (Lipinski definition) is 5. The number of methoxy groups -OCH3 is 1. The van der Waals surface area contributed by atoms with Crippen LogP contribution in [0.15, 0.2) is 41.8 Å². The molecule has 0 aliphatic carbocycles. The number of thiophene rings is 1. The molecule has 3 rings (SSSR count). The normalized spacial score (nSPS) is 16.8. The Morgan fingerprint density at radius 1 is 1.35 bits per heavy atom. The van der Waals surface area contributed by atoms with Gasteiger partial charge in [0.25, 0.3) is 0 Å². The van der Waals surface area contributed by atoms with E-state index in [1.54, 1.807) is 18.4 Å². The van der Waals surface area contributed by atoms with Gasteiger partial charge in [-0.25, -0.2) is 0 Å². The van der Waals surface area contributed by atoms with Gasteiger partial charge in [-0.2, -0.15) is 0 Å². The summed E-state index contributed by atoms with van der Waals surface area (Å²) in [6.07, 6.45) is 2.35. The Morgan fingerprint density at radius 3 is 2.96 bits per heavy atom. The molecule has 26 heavy (non-hydrogen) atoms. The molecule has 0 radical (unpaired) electrons. The molecule has 2 heterocycles. The number of nitrogens with one attached hydrogen (secondary N) is 1. The average molecular weight is 375 g/mol. The van der Waals surface area contributed by atoms with Crippen molar-refractivity contribution in [2.24, 2.45) is 0 Å². The summed E-state index contributed by atoms with van der Waals surface area (Å²) in [5.41, 5.74) is 1.08. The molecule has 1 N–H and O–H groups in total. The SMILES string of the molecule is COc1ccccc1CN(CC(=O)NCc1cccs1)CC1CCCO1. The first-order valence-corrected chi connectivity index (χ1v) is 9.87. The predicted octanol–water partition coefficient (Wildman–Crippen LogP) is 3.05. The highest BCUT2D eigenvalue weighted by Crippen LogP contribution is 2.21. The van der Waals surface area contributed by atoms with Crippen molar-refractivity contribution < 1.29 is 14.3 Å². The van der Waals surface area contributed by atoms with Crippen molar-refractivity contribution in [2.45, 2.75) is 32.0 Å². The van der Waals surface area contributed by atoms with E-state index in [1.807, 2.05) is 41.8 Å². The Bertz CT molecular complexity index is 684. The van der Waals surface area contributed by atoms with Crippen molar-refractivity contribution >= 4 is 17.2 Å². The lowest BCUT2D eigenvalue weighted by atomic mass is 10.1. The lowest BCUT2D eigenvalue weighted by molar-refractivity contribution is -0.122. The molecule has 1 saturated heterocycles. The minimum absolute atomic E-state index is 0.0336. The quantitative estimate of drug-likeness (QED) is 0.733. The third-order valence-corrected chi connectivity index (χ3v) is 5.36. The van der Waals surface area contributed by atoms with E-state index in [-0.39, 0.29) is 12.0 Å². The topological polar surface area (TPSA) is 50.8 Å². The summed E-state index contributed by atoms with van der Waals surface area (Å²) in [7, 11) is 1.68. The van der Waals surface area contributed by atoms with E-state index in [0.717, 1.165) is 42.2 Å². The third-order valence-electron chi connectivity index (χ3n) is 4.48. The van der Waals surface area contributed by atoms with Crippen LogP contribution in [0.25, 0.3) is 0 Å². The van der Waals surface area contributed by atoms with E-state index < -0.39 is 0 Å². The van der Waals surface area contributed by atoms with Gasteiger partial charge in [0.1, 0.15) is 5.75 Å². The fourth-order valence-electron chi connectivity index (χ4n) is 3.19. The minimum Gasteiger partial charge on any atom is -0.496 e. The van der Waals surface area contributed by atoms with Crippen LogP contribution in [0.2, 0.25) is 0 Å². The van der Waals surface area contributed by atoms with Crippen LogP contribution in [0.3, 0.4) is 0 Å². The molecule has 1 fully saturated rings. The molecule has 1 amide bonds. The van der Waals surface area contributed by atoms with E-state index in [9.17, 15) is 4.79 Å². The number of rotatable bonds is 9. The van der Waals surface area contributed by atoms with Gasteiger partial charge in [-0.3, -0.25) is 9.69 Å². The van der Waals surface area contributed by atoms with E-state index in [2.05, 4.69) is 10.2 Å². The van der Waals surface area contributed by atoms with Gasteiger partial charge < -0.3 is 14.8 Å². The first kappa shape index (κ1) is 18.9.